The Hall–Kier alpha value is -1.95. The number of aliphatic hydroxyl groups excluding tert-OH is 1. The summed E-state index contributed by atoms with van der Waals surface area (Å²) in [6.45, 7) is 0. The van der Waals surface area contributed by atoms with Crippen molar-refractivity contribution in [1.82, 2.24) is 0 Å². The molecule has 0 saturated carbocycles. The number of aliphatic hydroxyl groups is 1. The van der Waals surface area contributed by atoms with Crippen molar-refractivity contribution in [2.24, 2.45) is 0 Å². The minimum atomic E-state index is -4.63. The average Bonchev–Trinajstić information content (AvgIpc) is 2.45. The lowest BCUT2D eigenvalue weighted by molar-refractivity contribution is -0.139. The molecule has 0 aliphatic carbocycles. The highest BCUT2D eigenvalue weighted by Crippen LogP contribution is 2.36. The van der Waals surface area contributed by atoms with Gasteiger partial charge < -0.3 is 5.11 Å². The number of alkyl halides is 5. The van der Waals surface area contributed by atoms with E-state index in [1.807, 2.05) is 0 Å². The van der Waals surface area contributed by atoms with Crippen LogP contribution in [-0.2, 0) is 6.18 Å². The third-order valence-electron chi connectivity index (χ3n) is 3.04. The molecule has 0 fully saturated rings. The van der Waals surface area contributed by atoms with Gasteiger partial charge in [-0.25, -0.2) is 8.78 Å². The van der Waals surface area contributed by atoms with E-state index in [9.17, 15) is 27.1 Å². The quantitative estimate of drug-likeness (QED) is 0.813. The maximum absolute atomic E-state index is 12.9. The molecule has 0 bridgehead atoms. The smallest absolute Gasteiger partial charge is 0.384 e. The Morgan fingerprint density at radius 2 is 1.48 bits per heavy atom. The largest absolute Gasteiger partial charge is 0.416 e. The van der Waals surface area contributed by atoms with Gasteiger partial charge in [0.2, 0.25) is 0 Å². The fourth-order valence-corrected chi connectivity index (χ4v) is 2.04. The van der Waals surface area contributed by atoms with Crippen LogP contribution in [-0.4, -0.2) is 5.11 Å². The van der Waals surface area contributed by atoms with Gasteiger partial charge in [0.05, 0.1) is 5.56 Å². The van der Waals surface area contributed by atoms with Crippen molar-refractivity contribution in [2.75, 3.05) is 0 Å². The van der Waals surface area contributed by atoms with E-state index in [1.54, 1.807) is 0 Å². The molecule has 1 N–H and O–H groups in total. The fourth-order valence-electron chi connectivity index (χ4n) is 2.04. The summed E-state index contributed by atoms with van der Waals surface area (Å²) in [6, 6.07) is 9.26. The third-order valence-corrected chi connectivity index (χ3v) is 3.04. The van der Waals surface area contributed by atoms with E-state index in [-0.39, 0.29) is 16.7 Å². The normalized spacial score (nSPS) is 13.5. The van der Waals surface area contributed by atoms with Crippen LogP contribution < -0.4 is 0 Å². The second-order valence-electron chi connectivity index (χ2n) is 4.46. The lowest BCUT2D eigenvalue weighted by Gasteiger charge is -2.18. The van der Waals surface area contributed by atoms with Crippen LogP contribution in [0.4, 0.5) is 22.0 Å². The minimum absolute atomic E-state index is 0.00972. The Morgan fingerprint density at radius 3 is 2.10 bits per heavy atom. The first kappa shape index (κ1) is 15.4. The Morgan fingerprint density at radius 1 is 0.857 bits per heavy atom. The summed E-state index contributed by atoms with van der Waals surface area (Å²) in [7, 11) is 0. The molecule has 6 heteroatoms. The summed E-state index contributed by atoms with van der Waals surface area (Å²) < 4.78 is 63.9. The minimum Gasteiger partial charge on any atom is -0.384 e. The number of halogens is 5. The molecule has 2 aromatic rings. The zero-order chi connectivity index (χ0) is 15.6. The zero-order valence-corrected chi connectivity index (χ0v) is 10.6. The molecule has 21 heavy (non-hydrogen) atoms. The maximum atomic E-state index is 12.9. The average molecular weight is 302 g/mol. The predicted octanol–water partition coefficient (Wildman–Crippen LogP) is 4.72. The molecule has 2 aromatic carbocycles. The lowest BCUT2D eigenvalue weighted by Crippen LogP contribution is -2.12. The van der Waals surface area contributed by atoms with E-state index >= 15 is 0 Å². The first-order valence-corrected chi connectivity index (χ1v) is 6.03. The van der Waals surface area contributed by atoms with Crippen LogP contribution in [0.5, 0.6) is 0 Å². The molecule has 1 nitrogen and oxygen atoms in total. The summed E-state index contributed by atoms with van der Waals surface area (Å²) in [5.74, 6) is 0. The van der Waals surface area contributed by atoms with E-state index in [0.29, 0.717) is 0 Å². The Bertz CT molecular complexity index is 621. The molecular formula is C15H11F5O. The molecule has 112 valence electrons. The monoisotopic (exact) mass is 302 g/mol. The van der Waals surface area contributed by atoms with Gasteiger partial charge in [0, 0.05) is 5.56 Å². The molecule has 0 aromatic heterocycles. The van der Waals surface area contributed by atoms with Gasteiger partial charge in [-0.15, -0.1) is 0 Å². The molecule has 0 amide bonds. The highest BCUT2D eigenvalue weighted by atomic mass is 19.4. The molecule has 2 rings (SSSR count). The zero-order valence-electron chi connectivity index (χ0n) is 10.6. The van der Waals surface area contributed by atoms with Crippen molar-refractivity contribution < 1.29 is 27.1 Å². The number of hydrogen-bond donors (Lipinski definition) is 1. The van der Waals surface area contributed by atoms with E-state index in [0.717, 1.165) is 24.3 Å². The van der Waals surface area contributed by atoms with E-state index in [2.05, 4.69) is 0 Å². The maximum Gasteiger partial charge on any atom is 0.416 e. The molecule has 0 aliphatic heterocycles. The first-order chi connectivity index (χ1) is 9.80. The lowest BCUT2D eigenvalue weighted by atomic mass is 9.95. The van der Waals surface area contributed by atoms with Crippen LogP contribution in [0.3, 0.4) is 0 Å². The molecule has 0 saturated heterocycles. The molecule has 0 aliphatic rings. The summed E-state index contributed by atoms with van der Waals surface area (Å²) >= 11 is 0. The molecule has 0 radical (unpaired) electrons. The van der Waals surface area contributed by atoms with Gasteiger partial charge in [0.15, 0.2) is 0 Å². The fraction of sp³-hybridized carbons (Fsp3) is 0.200. The number of rotatable bonds is 3. The van der Waals surface area contributed by atoms with Crippen molar-refractivity contribution in [1.29, 1.82) is 0 Å². The Labute approximate surface area is 117 Å². The van der Waals surface area contributed by atoms with Gasteiger partial charge in [0.25, 0.3) is 6.43 Å². The SMILES string of the molecule is OC(c1cccc(C(F)F)c1)c1ccccc1C(F)(F)F. The van der Waals surface area contributed by atoms with Crippen LogP contribution in [0.1, 0.15) is 34.8 Å². The van der Waals surface area contributed by atoms with Gasteiger partial charge in [0.1, 0.15) is 6.10 Å². The molecule has 1 atom stereocenters. The summed E-state index contributed by atoms with van der Waals surface area (Å²) in [5, 5.41) is 10.1. The predicted molar refractivity (Wildman–Crippen MR) is 66.9 cm³/mol. The topological polar surface area (TPSA) is 20.2 Å². The van der Waals surface area contributed by atoms with Gasteiger partial charge in [-0.2, -0.15) is 13.2 Å². The van der Waals surface area contributed by atoms with Gasteiger partial charge in [-0.1, -0.05) is 36.4 Å². The van der Waals surface area contributed by atoms with Gasteiger partial charge in [-0.3, -0.25) is 0 Å². The molecular weight excluding hydrogens is 291 g/mol. The van der Waals surface area contributed by atoms with Crippen molar-refractivity contribution in [3.05, 3.63) is 70.8 Å². The second kappa shape index (κ2) is 5.81. The van der Waals surface area contributed by atoms with E-state index < -0.39 is 24.3 Å². The van der Waals surface area contributed by atoms with Crippen molar-refractivity contribution in [2.45, 2.75) is 18.7 Å². The molecule has 0 spiro atoms. The summed E-state index contributed by atoms with van der Waals surface area (Å²) in [4.78, 5) is 0. The molecule has 0 heterocycles. The van der Waals surface area contributed by atoms with Crippen molar-refractivity contribution in [3.63, 3.8) is 0 Å². The summed E-state index contributed by atoms with van der Waals surface area (Å²) in [6.07, 6.45) is -9.01. The Balaban J connectivity index is 2.46. The Kier molecular flexibility index (Phi) is 4.27. The second-order valence-corrected chi connectivity index (χ2v) is 4.46. The van der Waals surface area contributed by atoms with Gasteiger partial charge in [-0.05, 0) is 23.3 Å². The van der Waals surface area contributed by atoms with E-state index in [4.69, 9.17) is 0 Å². The van der Waals surface area contributed by atoms with Gasteiger partial charge >= 0.3 is 6.18 Å². The van der Waals surface area contributed by atoms with Crippen LogP contribution >= 0.6 is 0 Å². The number of hydrogen-bond acceptors (Lipinski definition) is 1. The highest BCUT2D eigenvalue weighted by Gasteiger charge is 2.35. The van der Waals surface area contributed by atoms with Crippen molar-refractivity contribution >= 4 is 0 Å². The molecule has 1 unspecified atom stereocenters. The number of benzene rings is 2. The van der Waals surface area contributed by atoms with Crippen LogP contribution in [0.15, 0.2) is 48.5 Å². The van der Waals surface area contributed by atoms with Crippen LogP contribution in [0.25, 0.3) is 0 Å². The highest BCUT2D eigenvalue weighted by molar-refractivity contribution is 5.38. The first-order valence-electron chi connectivity index (χ1n) is 6.03. The third kappa shape index (κ3) is 3.39. The van der Waals surface area contributed by atoms with E-state index in [1.165, 1.54) is 24.3 Å². The van der Waals surface area contributed by atoms with Crippen LogP contribution in [0, 0.1) is 0 Å². The standard InChI is InChI=1S/C15H11F5O/c16-14(17)10-5-3-4-9(8-10)13(21)11-6-1-2-7-12(11)15(18,19)20/h1-8,13-14,21H. The summed E-state index contributed by atoms with van der Waals surface area (Å²) in [5.41, 5.74) is -1.71. The van der Waals surface area contributed by atoms with Crippen molar-refractivity contribution in [3.8, 4) is 0 Å². The van der Waals surface area contributed by atoms with Crippen LogP contribution in [0.2, 0.25) is 0 Å².